The fourth-order valence-corrected chi connectivity index (χ4v) is 2.18. The molecule has 24 heavy (non-hydrogen) atoms. The van der Waals surface area contributed by atoms with Gasteiger partial charge in [0.15, 0.2) is 5.58 Å². The molecule has 2 aromatic heterocycles. The number of ketones is 1. The van der Waals surface area contributed by atoms with Crippen molar-refractivity contribution in [1.82, 2.24) is 14.8 Å². The number of rotatable bonds is 3. The molecule has 7 nitrogen and oxygen atoms in total. The van der Waals surface area contributed by atoms with Crippen molar-refractivity contribution in [3.63, 3.8) is 0 Å². The topological polar surface area (TPSA) is 90.0 Å². The molecule has 3 rings (SSSR count). The van der Waals surface area contributed by atoms with Gasteiger partial charge in [0.25, 0.3) is 11.7 Å². The number of benzene rings is 1. The van der Waals surface area contributed by atoms with Crippen molar-refractivity contribution >= 4 is 28.5 Å². The molecule has 1 amide bonds. The number of amides is 1. The van der Waals surface area contributed by atoms with Crippen molar-refractivity contribution in [3.05, 3.63) is 42.0 Å². The van der Waals surface area contributed by atoms with Gasteiger partial charge in [-0.05, 0) is 18.2 Å². The van der Waals surface area contributed by atoms with Gasteiger partial charge in [0.2, 0.25) is 5.89 Å². The van der Waals surface area contributed by atoms with E-state index < -0.39 is 11.7 Å². The largest absolute Gasteiger partial charge is 0.440 e. The molecule has 0 bridgehead atoms. The van der Waals surface area contributed by atoms with E-state index in [0.29, 0.717) is 22.7 Å². The molecular weight excluding hydrogens is 308 g/mol. The Morgan fingerprint density at radius 1 is 1.25 bits per heavy atom. The number of fused-ring (bicyclic) bond motifs is 1. The molecular formula is C17H18N4O3. The van der Waals surface area contributed by atoms with Crippen LogP contribution in [0.15, 0.2) is 35.0 Å². The second-order valence-corrected chi connectivity index (χ2v) is 6.64. The number of anilines is 1. The van der Waals surface area contributed by atoms with Crippen LogP contribution < -0.4 is 5.32 Å². The van der Waals surface area contributed by atoms with E-state index in [1.807, 2.05) is 20.8 Å². The minimum Gasteiger partial charge on any atom is -0.440 e. The molecule has 7 heteroatoms. The van der Waals surface area contributed by atoms with E-state index in [-0.39, 0.29) is 11.0 Å². The molecule has 3 aromatic rings. The molecule has 0 saturated carbocycles. The quantitative estimate of drug-likeness (QED) is 0.590. The molecule has 0 radical (unpaired) electrons. The molecule has 0 aliphatic carbocycles. The van der Waals surface area contributed by atoms with Crippen LogP contribution in [-0.4, -0.2) is 26.5 Å². The van der Waals surface area contributed by atoms with Crippen LogP contribution in [0.1, 0.15) is 37.0 Å². The smallest absolute Gasteiger partial charge is 0.296 e. The van der Waals surface area contributed by atoms with Crippen LogP contribution in [0.3, 0.4) is 0 Å². The van der Waals surface area contributed by atoms with Crippen molar-refractivity contribution < 1.29 is 14.0 Å². The first-order valence-electron chi connectivity index (χ1n) is 7.49. The summed E-state index contributed by atoms with van der Waals surface area (Å²) in [6.45, 7) is 6.02. The normalized spacial score (nSPS) is 11.7. The summed E-state index contributed by atoms with van der Waals surface area (Å²) in [4.78, 5) is 28.6. The minimum atomic E-state index is -0.720. The Morgan fingerprint density at radius 3 is 2.62 bits per heavy atom. The van der Waals surface area contributed by atoms with Crippen LogP contribution in [0.4, 0.5) is 5.69 Å². The van der Waals surface area contributed by atoms with Gasteiger partial charge in [-0.15, -0.1) is 0 Å². The summed E-state index contributed by atoms with van der Waals surface area (Å²) in [7, 11) is 1.68. The van der Waals surface area contributed by atoms with Crippen molar-refractivity contribution in [2.45, 2.75) is 26.2 Å². The molecule has 124 valence electrons. The Kier molecular flexibility index (Phi) is 3.71. The van der Waals surface area contributed by atoms with Crippen LogP contribution in [0.5, 0.6) is 0 Å². The summed E-state index contributed by atoms with van der Waals surface area (Å²) in [5.74, 6) is -0.743. The third-order valence-corrected chi connectivity index (χ3v) is 3.46. The van der Waals surface area contributed by atoms with Crippen LogP contribution in [0, 0.1) is 0 Å². The highest BCUT2D eigenvalue weighted by atomic mass is 16.3. The molecule has 1 N–H and O–H groups in total. The van der Waals surface area contributed by atoms with Gasteiger partial charge in [-0.1, -0.05) is 20.8 Å². The maximum absolute atomic E-state index is 12.1. The number of hydrogen-bond acceptors (Lipinski definition) is 5. The van der Waals surface area contributed by atoms with Crippen LogP contribution in [0.25, 0.3) is 11.1 Å². The van der Waals surface area contributed by atoms with E-state index in [1.165, 1.54) is 17.1 Å². The maximum atomic E-state index is 12.1. The molecule has 0 atom stereocenters. The van der Waals surface area contributed by atoms with Gasteiger partial charge < -0.3 is 9.73 Å². The average Bonchev–Trinajstić information content (AvgIpc) is 3.11. The molecule has 0 aliphatic rings. The molecule has 0 aliphatic heterocycles. The molecule has 0 fully saturated rings. The number of nitrogens with zero attached hydrogens (tertiary/aromatic N) is 3. The zero-order valence-electron chi connectivity index (χ0n) is 14.0. The summed E-state index contributed by atoms with van der Waals surface area (Å²) >= 11 is 0. The van der Waals surface area contributed by atoms with Gasteiger partial charge in [0, 0.05) is 24.3 Å². The lowest BCUT2D eigenvalue weighted by Crippen LogP contribution is -2.22. The Balaban J connectivity index is 1.82. The zero-order chi connectivity index (χ0) is 17.5. The summed E-state index contributed by atoms with van der Waals surface area (Å²) in [5, 5.41) is 6.47. The molecule has 0 unspecified atom stereocenters. The van der Waals surface area contributed by atoms with Gasteiger partial charge in [-0.3, -0.25) is 14.3 Å². The summed E-state index contributed by atoms with van der Waals surface area (Å²) in [6, 6.07) is 5.08. The van der Waals surface area contributed by atoms with Gasteiger partial charge >= 0.3 is 0 Å². The first-order chi connectivity index (χ1) is 11.2. The van der Waals surface area contributed by atoms with E-state index in [4.69, 9.17) is 4.42 Å². The summed E-state index contributed by atoms with van der Waals surface area (Å²) in [6.07, 6.45) is 2.86. The standard InChI is InChI=1S/C17H18N4O3/c1-17(2,3)16-20-12-7-11(5-6-13(12)24-16)19-15(23)14(22)10-8-18-21(4)9-10/h5-9H,1-4H3,(H,19,23). The van der Waals surface area contributed by atoms with Crippen LogP contribution in [-0.2, 0) is 17.3 Å². The van der Waals surface area contributed by atoms with Gasteiger partial charge in [-0.2, -0.15) is 5.10 Å². The number of hydrogen-bond donors (Lipinski definition) is 1. The number of aromatic nitrogens is 3. The third-order valence-electron chi connectivity index (χ3n) is 3.46. The summed E-state index contributed by atoms with van der Waals surface area (Å²) < 4.78 is 7.18. The molecule has 0 spiro atoms. The fourth-order valence-electron chi connectivity index (χ4n) is 2.18. The first kappa shape index (κ1) is 15.9. The van der Waals surface area contributed by atoms with E-state index in [9.17, 15) is 9.59 Å². The number of carbonyl (C=O) groups excluding carboxylic acids is 2. The molecule has 0 saturated heterocycles. The van der Waals surface area contributed by atoms with Gasteiger partial charge in [0.1, 0.15) is 5.52 Å². The lowest BCUT2D eigenvalue weighted by molar-refractivity contribution is -0.112. The Labute approximate surface area is 138 Å². The highest BCUT2D eigenvalue weighted by Crippen LogP contribution is 2.27. The third kappa shape index (κ3) is 3.05. The average molecular weight is 326 g/mol. The van der Waals surface area contributed by atoms with E-state index >= 15 is 0 Å². The van der Waals surface area contributed by atoms with Crippen molar-refractivity contribution in [1.29, 1.82) is 0 Å². The van der Waals surface area contributed by atoms with Gasteiger partial charge in [0.05, 0.1) is 11.8 Å². The second kappa shape index (κ2) is 5.59. The number of aryl methyl sites for hydroxylation is 1. The van der Waals surface area contributed by atoms with Crippen molar-refractivity contribution in [3.8, 4) is 0 Å². The predicted octanol–water partition coefficient (Wildman–Crippen LogP) is 2.68. The molecule has 2 heterocycles. The number of nitrogens with one attached hydrogen (secondary N) is 1. The Morgan fingerprint density at radius 2 is 2.00 bits per heavy atom. The lowest BCUT2D eigenvalue weighted by atomic mass is 9.97. The number of Topliss-reactive ketones (excluding diaryl/α,β-unsaturated/α-hetero) is 1. The zero-order valence-corrected chi connectivity index (χ0v) is 14.0. The molecule has 1 aromatic carbocycles. The highest BCUT2D eigenvalue weighted by molar-refractivity contribution is 6.46. The lowest BCUT2D eigenvalue weighted by Gasteiger charge is -2.11. The van der Waals surface area contributed by atoms with Crippen LogP contribution >= 0.6 is 0 Å². The SMILES string of the molecule is Cn1cc(C(=O)C(=O)Nc2ccc3oc(C(C)(C)C)nc3c2)cn1. The maximum Gasteiger partial charge on any atom is 0.296 e. The fraction of sp³-hybridized carbons (Fsp3) is 0.294. The monoisotopic (exact) mass is 326 g/mol. The van der Waals surface area contributed by atoms with Crippen molar-refractivity contribution in [2.24, 2.45) is 7.05 Å². The predicted molar refractivity (Wildman–Crippen MR) is 88.9 cm³/mol. The van der Waals surface area contributed by atoms with Crippen LogP contribution in [0.2, 0.25) is 0 Å². The van der Waals surface area contributed by atoms with E-state index in [1.54, 1.807) is 25.2 Å². The summed E-state index contributed by atoms with van der Waals surface area (Å²) in [5.41, 5.74) is 1.78. The first-order valence-corrected chi connectivity index (χ1v) is 7.49. The minimum absolute atomic E-state index is 0.210. The number of oxazole rings is 1. The Hall–Kier alpha value is -2.96. The van der Waals surface area contributed by atoms with E-state index in [2.05, 4.69) is 15.4 Å². The second-order valence-electron chi connectivity index (χ2n) is 6.64. The highest BCUT2D eigenvalue weighted by Gasteiger charge is 2.22. The van der Waals surface area contributed by atoms with E-state index in [0.717, 1.165) is 0 Å². The Bertz CT molecular complexity index is 931. The van der Waals surface area contributed by atoms with Crippen molar-refractivity contribution in [2.75, 3.05) is 5.32 Å². The van der Waals surface area contributed by atoms with Gasteiger partial charge in [-0.25, -0.2) is 4.98 Å². The number of carbonyl (C=O) groups is 2.